The molecule has 4 saturated carbocycles. The van der Waals surface area contributed by atoms with E-state index in [-0.39, 0.29) is 69.2 Å². The van der Waals surface area contributed by atoms with Crippen molar-refractivity contribution in [1.29, 1.82) is 0 Å². The molecule has 1 aliphatic heterocycles. The largest absolute Gasteiger partial charge is 0.393 e. The highest BCUT2D eigenvalue weighted by Gasteiger charge is 2.70. The van der Waals surface area contributed by atoms with Gasteiger partial charge in [-0.05, 0) is 124 Å². The molecule has 2 amide bonds. The summed E-state index contributed by atoms with van der Waals surface area (Å²) in [6.45, 7) is 24.3. The molecule has 8 nitrogen and oxygen atoms in total. The number of fused-ring (bicyclic) bond motifs is 7. The van der Waals surface area contributed by atoms with E-state index in [1.165, 1.54) is 5.57 Å². The number of hydrazine groups is 1. The summed E-state index contributed by atoms with van der Waals surface area (Å²) in [7, 11) is 0. The van der Waals surface area contributed by atoms with E-state index in [1.807, 2.05) is 25.8 Å². The first-order valence-electron chi connectivity index (χ1n) is 19.0. The molecule has 6 aliphatic rings. The van der Waals surface area contributed by atoms with Crippen LogP contribution in [0.3, 0.4) is 0 Å². The van der Waals surface area contributed by atoms with Crippen molar-refractivity contribution in [2.75, 3.05) is 32.8 Å². The summed E-state index contributed by atoms with van der Waals surface area (Å²) in [6, 6.07) is 0. The maximum atomic E-state index is 14.8. The first kappa shape index (κ1) is 36.0. The highest BCUT2D eigenvalue weighted by Crippen LogP contribution is 2.75. The van der Waals surface area contributed by atoms with Crippen LogP contribution >= 0.6 is 0 Å². The van der Waals surface area contributed by atoms with Gasteiger partial charge in [-0.3, -0.25) is 19.4 Å². The van der Waals surface area contributed by atoms with Crippen molar-refractivity contribution in [3.8, 4) is 0 Å². The second kappa shape index (κ2) is 11.6. The van der Waals surface area contributed by atoms with Crippen LogP contribution in [0.15, 0.2) is 11.6 Å². The van der Waals surface area contributed by atoms with Crippen molar-refractivity contribution in [3.63, 3.8) is 0 Å². The zero-order valence-electron chi connectivity index (χ0n) is 31.8. The summed E-state index contributed by atoms with van der Waals surface area (Å²) in [4.78, 5) is 42.8. The number of amides is 2. The Labute approximate surface area is 290 Å². The molecule has 0 unspecified atom stereocenters. The molecule has 0 aromatic rings. The summed E-state index contributed by atoms with van der Waals surface area (Å²) in [6.07, 6.45) is 9.97. The number of rotatable bonds is 4. The van der Waals surface area contributed by atoms with Gasteiger partial charge in [0.25, 0.3) is 0 Å². The molecule has 0 aromatic heterocycles. The van der Waals surface area contributed by atoms with Gasteiger partial charge in [0.2, 0.25) is 11.8 Å². The second-order valence-electron chi connectivity index (χ2n) is 19.9. The van der Waals surface area contributed by atoms with E-state index in [0.717, 1.165) is 51.4 Å². The number of aliphatic hydroxyl groups excluding tert-OH is 1. The number of ether oxygens (including phenoxy) is 1. The monoisotopic (exact) mass is 667 g/mol. The van der Waals surface area contributed by atoms with E-state index in [1.54, 1.807) is 5.01 Å². The van der Waals surface area contributed by atoms with Crippen molar-refractivity contribution in [1.82, 2.24) is 15.3 Å². The summed E-state index contributed by atoms with van der Waals surface area (Å²) in [5.74, 6) is 0.514. The maximum absolute atomic E-state index is 14.8. The molecule has 48 heavy (non-hydrogen) atoms. The van der Waals surface area contributed by atoms with Crippen molar-refractivity contribution < 1.29 is 24.2 Å². The van der Waals surface area contributed by atoms with E-state index in [4.69, 9.17) is 4.74 Å². The third kappa shape index (κ3) is 5.44. The molecule has 0 bridgehead atoms. The summed E-state index contributed by atoms with van der Waals surface area (Å²) in [5.41, 5.74) is -0.411. The van der Waals surface area contributed by atoms with Gasteiger partial charge < -0.3 is 15.2 Å². The van der Waals surface area contributed by atoms with Crippen LogP contribution in [0.1, 0.15) is 127 Å². The third-order valence-corrected chi connectivity index (χ3v) is 15.4. The van der Waals surface area contributed by atoms with Gasteiger partial charge in [-0.2, -0.15) is 0 Å². The fourth-order valence-corrected chi connectivity index (χ4v) is 12.4. The molecule has 5 fully saturated rings. The predicted octanol–water partition coefficient (Wildman–Crippen LogP) is 6.32. The van der Waals surface area contributed by atoms with Crippen LogP contribution in [0.25, 0.3) is 0 Å². The number of allylic oxidation sites excluding steroid dienone is 2. The van der Waals surface area contributed by atoms with Gasteiger partial charge in [0.05, 0.1) is 19.3 Å². The smallest absolute Gasteiger partial charge is 0.243 e. The Kier molecular flexibility index (Phi) is 8.73. The van der Waals surface area contributed by atoms with Gasteiger partial charge in [0.1, 0.15) is 6.54 Å². The summed E-state index contributed by atoms with van der Waals surface area (Å²) < 4.78 is 5.63. The minimum Gasteiger partial charge on any atom is -0.393 e. The summed E-state index contributed by atoms with van der Waals surface area (Å²) >= 11 is 0. The predicted molar refractivity (Wildman–Crippen MR) is 187 cm³/mol. The molecular formula is C40H65N3O5. The molecule has 0 spiro atoms. The quantitative estimate of drug-likeness (QED) is 0.364. The number of hydrogen-bond donors (Lipinski definition) is 2. The van der Waals surface area contributed by atoms with E-state index in [0.29, 0.717) is 38.6 Å². The lowest BCUT2D eigenvalue weighted by Crippen LogP contribution is -2.66. The van der Waals surface area contributed by atoms with Crippen LogP contribution in [0.5, 0.6) is 0 Å². The fourth-order valence-electron chi connectivity index (χ4n) is 12.4. The average molecular weight is 668 g/mol. The zero-order chi connectivity index (χ0) is 35.3. The number of carbonyl (C=O) groups excluding carboxylic acids is 3. The van der Waals surface area contributed by atoms with Gasteiger partial charge >= 0.3 is 0 Å². The molecular weight excluding hydrogens is 602 g/mol. The molecule has 1 heterocycles. The lowest BCUT2D eigenvalue weighted by atomic mass is 9.33. The van der Waals surface area contributed by atoms with Crippen molar-refractivity contribution >= 4 is 17.6 Å². The van der Waals surface area contributed by atoms with E-state index in [9.17, 15) is 19.5 Å². The van der Waals surface area contributed by atoms with Crippen molar-refractivity contribution in [2.24, 2.45) is 50.2 Å². The molecule has 9 atom stereocenters. The molecule has 270 valence electrons. The van der Waals surface area contributed by atoms with Crippen LogP contribution in [-0.4, -0.2) is 77.2 Å². The molecule has 0 aromatic carbocycles. The SMILES string of the molecule is CC(C)(C)NC(=O)CN(C(=O)[C@@]1(C)CC[C@]2(C)CC[C@]3(C)C(=CC(=O)[C@@H]4[C@@]5(C)CC[C@H](O)C(C)(C)[C@@H]5CC[C@]43C)[C@H]2C1)N1CCOCC1. The fraction of sp³-hybridized carbons (Fsp3) is 0.875. The molecule has 5 aliphatic carbocycles. The molecule has 8 heteroatoms. The number of nitrogens with one attached hydrogen (secondary N) is 1. The van der Waals surface area contributed by atoms with Crippen LogP contribution < -0.4 is 5.32 Å². The number of carbonyl (C=O) groups is 3. The Morgan fingerprint density at radius 3 is 2.25 bits per heavy atom. The van der Waals surface area contributed by atoms with Crippen LogP contribution in [-0.2, 0) is 19.1 Å². The van der Waals surface area contributed by atoms with Crippen molar-refractivity contribution in [2.45, 2.75) is 139 Å². The van der Waals surface area contributed by atoms with Crippen LogP contribution in [0.2, 0.25) is 0 Å². The van der Waals surface area contributed by atoms with E-state index < -0.39 is 11.0 Å². The molecule has 6 rings (SSSR count). The van der Waals surface area contributed by atoms with Gasteiger partial charge in [0.15, 0.2) is 5.78 Å². The standard InChI is InChI=1S/C40H65N3O5/c1-34(2,3)41-31(46)25-43(42-19-21-48-22-20-42)33(47)37(7)16-15-36(6)17-18-39(9)26(27(36)24-37)23-28(44)32-38(8)13-12-30(45)35(4,5)29(38)11-14-40(32,39)10/h23,27,29-30,32,45H,11-22,24-25H2,1-10H3,(H,41,46)/t27-,29+,30+,32-,36-,37+,38+,39-,40-/m1/s1. The highest BCUT2D eigenvalue weighted by atomic mass is 16.5. The number of hydrogen-bond acceptors (Lipinski definition) is 6. The van der Waals surface area contributed by atoms with Gasteiger partial charge in [-0.25, -0.2) is 5.01 Å². The topological polar surface area (TPSA) is 99.2 Å². The number of morpholine rings is 1. The molecule has 2 N–H and O–H groups in total. The molecule has 0 radical (unpaired) electrons. The maximum Gasteiger partial charge on any atom is 0.243 e. The van der Waals surface area contributed by atoms with Crippen molar-refractivity contribution in [3.05, 3.63) is 11.6 Å². The summed E-state index contributed by atoms with van der Waals surface area (Å²) in [5, 5.41) is 17.9. The Morgan fingerprint density at radius 2 is 1.60 bits per heavy atom. The van der Waals surface area contributed by atoms with Crippen LogP contribution in [0.4, 0.5) is 0 Å². The third-order valence-electron chi connectivity index (χ3n) is 15.4. The average Bonchev–Trinajstić information content (AvgIpc) is 2.99. The Morgan fingerprint density at radius 1 is 0.958 bits per heavy atom. The van der Waals surface area contributed by atoms with Gasteiger partial charge in [0, 0.05) is 30.0 Å². The zero-order valence-corrected chi connectivity index (χ0v) is 31.8. The first-order valence-corrected chi connectivity index (χ1v) is 19.0. The van der Waals surface area contributed by atoms with Crippen LogP contribution in [0, 0.1) is 50.2 Å². The first-order chi connectivity index (χ1) is 22.1. The number of nitrogens with zero attached hydrogens (tertiary/aromatic N) is 2. The number of aliphatic hydroxyl groups is 1. The Hall–Kier alpha value is -1.77. The normalized spacial score (nSPS) is 44.3. The second-order valence-corrected chi connectivity index (χ2v) is 19.9. The van der Waals surface area contributed by atoms with Gasteiger partial charge in [-0.1, -0.05) is 54.0 Å². The molecule has 1 saturated heterocycles. The number of ketones is 1. The van der Waals surface area contributed by atoms with Gasteiger partial charge in [-0.15, -0.1) is 0 Å². The lowest BCUT2D eigenvalue weighted by Gasteiger charge is -2.70. The minimum absolute atomic E-state index is 0.00291. The van der Waals surface area contributed by atoms with E-state index >= 15 is 0 Å². The Bertz CT molecular complexity index is 1360. The minimum atomic E-state index is -0.655. The lowest BCUT2D eigenvalue weighted by molar-refractivity contribution is -0.203. The Balaban J connectivity index is 1.34. The highest BCUT2D eigenvalue weighted by molar-refractivity contribution is 5.96. The van der Waals surface area contributed by atoms with E-state index in [2.05, 4.69) is 59.9 Å².